The number of benzene rings is 3. The molecule has 0 atom stereocenters. The average Bonchev–Trinajstić information content (AvgIpc) is 3.26. The van der Waals surface area contributed by atoms with Crippen LogP contribution in [-0.2, 0) is 4.79 Å². The molecular weight excluding hydrogens is 500 g/mol. The van der Waals surface area contributed by atoms with E-state index in [4.69, 9.17) is 26.1 Å². The number of rotatable bonds is 5. The second-order valence-electron chi connectivity index (χ2n) is 8.10. The molecule has 2 aromatic heterocycles. The van der Waals surface area contributed by atoms with E-state index >= 15 is 0 Å². The maximum absolute atomic E-state index is 13.6. The Morgan fingerprint density at radius 2 is 1.89 bits per heavy atom. The topological polar surface area (TPSA) is 98.2 Å². The molecule has 0 radical (unpaired) electrons. The molecule has 36 heavy (non-hydrogen) atoms. The number of H-pyrrole nitrogens is 1. The van der Waals surface area contributed by atoms with Gasteiger partial charge in [0.15, 0.2) is 16.7 Å². The zero-order chi connectivity index (χ0) is 24.6. The molecule has 0 aliphatic carbocycles. The van der Waals surface area contributed by atoms with Gasteiger partial charge >= 0.3 is 0 Å². The summed E-state index contributed by atoms with van der Waals surface area (Å²) in [5.41, 5.74) is 2.65. The molecule has 1 aliphatic heterocycles. The van der Waals surface area contributed by atoms with Crippen molar-refractivity contribution in [3.8, 4) is 17.2 Å². The minimum Gasteiger partial charge on any atom is -0.486 e. The van der Waals surface area contributed by atoms with Crippen molar-refractivity contribution in [1.29, 1.82) is 0 Å². The molecule has 3 heterocycles. The first-order valence-corrected chi connectivity index (χ1v) is 12.5. The second-order valence-corrected chi connectivity index (χ2v) is 9.48. The Morgan fingerprint density at radius 1 is 1.06 bits per heavy atom. The zero-order valence-corrected chi connectivity index (χ0v) is 20.4. The van der Waals surface area contributed by atoms with E-state index in [0.29, 0.717) is 57.3 Å². The SMILES string of the molecule is O=C(CSc1nc2c([nH]c3ccccc32)c(=O)n1-c1cccc(Cl)c1)Nc1ccc2c(c1)OCCO2. The van der Waals surface area contributed by atoms with Crippen LogP contribution in [0.4, 0.5) is 5.69 Å². The van der Waals surface area contributed by atoms with Crippen molar-refractivity contribution in [2.75, 3.05) is 24.3 Å². The fraction of sp³-hybridized carbons (Fsp3) is 0.115. The summed E-state index contributed by atoms with van der Waals surface area (Å²) in [5.74, 6) is 1.03. The molecule has 2 N–H and O–H groups in total. The van der Waals surface area contributed by atoms with Gasteiger partial charge in [-0.05, 0) is 36.4 Å². The van der Waals surface area contributed by atoms with Gasteiger partial charge in [0.05, 0.1) is 11.4 Å². The minimum atomic E-state index is -0.270. The van der Waals surface area contributed by atoms with Crippen molar-refractivity contribution in [2.24, 2.45) is 0 Å². The number of carbonyl (C=O) groups excluding carboxylic acids is 1. The maximum atomic E-state index is 13.6. The van der Waals surface area contributed by atoms with Crippen LogP contribution in [0.15, 0.2) is 76.7 Å². The van der Waals surface area contributed by atoms with Crippen molar-refractivity contribution < 1.29 is 14.3 Å². The predicted octanol–water partition coefficient (Wildman–Crippen LogP) is 5.02. The summed E-state index contributed by atoms with van der Waals surface area (Å²) in [6, 6.07) is 19.8. The van der Waals surface area contributed by atoms with E-state index in [1.54, 1.807) is 42.5 Å². The fourth-order valence-corrected chi connectivity index (χ4v) is 5.12. The first kappa shape index (κ1) is 22.5. The highest BCUT2D eigenvalue weighted by Crippen LogP contribution is 2.33. The molecule has 0 bridgehead atoms. The van der Waals surface area contributed by atoms with Crippen LogP contribution in [0.3, 0.4) is 0 Å². The molecule has 10 heteroatoms. The Hall–Kier alpha value is -3.95. The number of nitrogens with zero attached hydrogens (tertiary/aromatic N) is 2. The maximum Gasteiger partial charge on any atom is 0.283 e. The lowest BCUT2D eigenvalue weighted by Crippen LogP contribution is -2.23. The number of para-hydroxylation sites is 1. The van der Waals surface area contributed by atoms with E-state index < -0.39 is 0 Å². The normalized spacial score (nSPS) is 12.7. The average molecular weight is 519 g/mol. The first-order chi connectivity index (χ1) is 17.6. The Balaban J connectivity index is 1.34. The third-order valence-electron chi connectivity index (χ3n) is 5.72. The van der Waals surface area contributed by atoms with Gasteiger partial charge in [-0.3, -0.25) is 14.2 Å². The Bertz CT molecular complexity index is 1700. The summed E-state index contributed by atoms with van der Waals surface area (Å²) < 4.78 is 12.6. The third-order valence-corrected chi connectivity index (χ3v) is 6.89. The van der Waals surface area contributed by atoms with Crippen LogP contribution in [0.5, 0.6) is 11.5 Å². The number of fused-ring (bicyclic) bond motifs is 4. The van der Waals surface area contributed by atoms with E-state index in [1.165, 1.54) is 16.3 Å². The molecule has 1 amide bonds. The molecular formula is C26H19ClN4O4S. The van der Waals surface area contributed by atoms with Crippen LogP contribution in [0.25, 0.3) is 27.6 Å². The van der Waals surface area contributed by atoms with Crippen LogP contribution in [0.1, 0.15) is 0 Å². The molecule has 6 rings (SSSR count). The number of ether oxygens (including phenoxy) is 2. The molecule has 0 unspecified atom stereocenters. The van der Waals surface area contributed by atoms with Gasteiger partial charge in [-0.2, -0.15) is 0 Å². The van der Waals surface area contributed by atoms with Gasteiger partial charge in [0.25, 0.3) is 5.56 Å². The lowest BCUT2D eigenvalue weighted by atomic mass is 10.2. The van der Waals surface area contributed by atoms with Gasteiger partial charge in [-0.1, -0.05) is 47.6 Å². The van der Waals surface area contributed by atoms with Crippen LogP contribution in [0.2, 0.25) is 5.02 Å². The molecule has 8 nitrogen and oxygen atoms in total. The number of halogens is 1. The van der Waals surface area contributed by atoms with Crippen molar-refractivity contribution in [3.05, 3.63) is 82.1 Å². The third kappa shape index (κ3) is 4.16. The highest BCUT2D eigenvalue weighted by molar-refractivity contribution is 7.99. The highest BCUT2D eigenvalue weighted by atomic mass is 35.5. The molecule has 1 aliphatic rings. The monoisotopic (exact) mass is 518 g/mol. The summed E-state index contributed by atoms with van der Waals surface area (Å²) in [6.07, 6.45) is 0. The largest absolute Gasteiger partial charge is 0.486 e. The smallest absolute Gasteiger partial charge is 0.283 e. The van der Waals surface area contributed by atoms with E-state index in [-0.39, 0.29) is 17.2 Å². The number of amides is 1. The molecule has 0 saturated carbocycles. The molecule has 5 aromatic rings. The number of aromatic nitrogens is 3. The number of thioether (sulfide) groups is 1. The van der Waals surface area contributed by atoms with Gasteiger partial charge in [0.1, 0.15) is 24.2 Å². The predicted molar refractivity (Wildman–Crippen MR) is 141 cm³/mol. The highest BCUT2D eigenvalue weighted by Gasteiger charge is 2.19. The van der Waals surface area contributed by atoms with E-state index in [2.05, 4.69) is 10.3 Å². The minimum absolute atomic E-state index is 0.0370. The van der Waals surface area contributed by atoms with Crippen LogP contribution in [0, 0.1) is 0 Å². The summed E-state index contributed by atoms with van der Waals surface area (Å²) in [6.45, 7) is 0.959. The van der Waals surface area contributed by atoms with Gasteiger partial charge in [-0.15, -0.1) is 0 Å². The Labute approximate surface area is 214 Å². The van der Waals surface area contributed by atoms with Gasteiger partial charge in [0, 0.05) is 27.7 Å². The van der Waals surface area contributed by atoms with Crippen molar-refractivity contribution in [3.63, 3.8) is 0 Å². The summed E-state index contributed by atoms with van der Waals surface area (Å²) >= 11 is 7.39. The standard InChI is InChI=1S/C26H19ClN4O4S/c27-15-4-3-5-17(12-15)31-25(33)24-23(18-6-1-2-7-19(18)29-24)30-26(31)36-14-22(32)28-16-8-9-20-21(13-16)35-11-10-34-20/h1-9,12-13,29H,10-11,14H2,(H,28,32). The number of hydrogen-bond acceptors (Lipinski definition) is 6. The zero-order valence-electron chi connectivity index (χ0n) is 18.8. The number of nitrogens with one attached hydrogen (secondary N) is 2. The van der Waals surface area contributed by atoms with Gasteiger partial charge < -0.3 is 19.8 Å². The molecule has 180 valence electrons. The lowest BCUT2D eigenvalue weighted by Gasteiger charge is -2.19. The van der Waals surface area contributed by atoms with E-state index in [9.17, 15) is 9.59 Å². The van der Waals surface area contributed by atoms with E-state index in [0.717, 1.165) is 10.9 Å². The summed E-state index contributed by atoms with van der Waals surface area (Å²) in [7, 11) is 0. The lowest BCUT2D eigenvalue weighted by molar-refractivity contribution is -0.113. The van der Waals surface area contributed by atoms with Crippen molar-refractivity contribution >= 4 is 56.9 Å². The second kappa shape index (κ2) is 9.25. The van der Waals surface area contributed by atoms with E-state index in [1.807, 2.05) is 24.3 Å². The number of hydrogen-bond donors (Lipinski definition) is 2. The number of carbonyl (C=O) groups is 1. The summed E-state index contributed by atoms with van der Waals surface area (Å²) in [5, 5.41) is 4.58. The Morgan fingerprint density at radius 3 is 2.75 bits per heavy atom. The van der Waals surface area contributed by atoms with Crippen LogP contribution in [-0.4, -0.2) is 39.4 Å². The molecule has 0 fully saturated rings. The Kier molecular flexibility index (Phi) is 5.79. The quantitative estimate of drug-likeness (QED) is 0.250. The molecule has 0 spiro atoms. The molecule has 3 aromatic carbocycles. The first-order valence-electron chi connectivity index (χ1n) is 11.2. The fourth-order valence-electron chi connectivity index (χ4n) is 4.13. The van der Waals surface area contributed by atoms with Gasteiger partial charge in [0.2, 0.25) is 5.91 Å². The van der Waals surface area contributed by atoms with Crippen molar-refractivity contribution in [1.82, 2.24) is 14.5 Å². The summed E-state index contributed by atoms with van der Waals surface area (Å²) in [4.78, 5) is 34.4. The number of anilines is 1. The van der Waals surface area contributed by atoms with Crippen molar-refractivity contribution in [2.45, 2.75) is 5.16 Å². The number of aromatic amines is 1. The van der Waals surface area contributed by atoms with Gasteiger partial charge in [-0.25, -0.2) is 4.98 Å². The molecule has 0 saturated heterocycles. The van der Waals surface area contributed by atoms with Crippen LogP contribution >= 0.6 is 23.4 Å². The van der Waals surface area contributed by atoms with Crippen LogP contribution < -0.4 is 20.3 Å².